The first-order valence-corrected chi connectivity index (χ1v) is 6.37. The van der Waals surface area contributed by atoms with Gasteiger partial charge in [0.2, 0.25) is 0 Å². The Bertz CT molecular complexity index is 548. The zero-order chi connectivity index (χ0) is 13.1. The summed E-state index contributed by atoms with van der Waals surface area (Å²) in [6, 6.07) is 1.95. The molecule has 1 N–H and O–H groups in total. The third-order valence-electron chi connectivity index (χ3n) is 2.94. The van der Waals surface area contributed by atoms with Crippen LogP contribution in [0.25, 0.3) is 5.82 Å². The summed E-state index contributed by atoms with van der Waals surface area (Å²) in [5.74, 6) is 0.731. The topological polar surface area (TPSA) is 42.7 Å². The van der Waals surface area contributed by atoms with Crippen molar-refractivity contribution < 1.29 is 0 Å². The fourth-order valence-corrected chi connectivity index (χ4v) is 2.01. The van der Waals surface area contributed by atoms with Gasteiger partial charge in [0.1, 0.15) is 6.33 Å². The third-order valence-corrected chi connectivity index (χ3v) is 3.22. The quantitative estimate of drug-likeness (QED) is 0.923. The zero-order valence-electron chi connectivity index (χ0n) is 10.9. The van der Waals surface area contributed by atoms with E-state index in [1.165, 1.54) is 0 Å². The first-order chi connectivity index (χ1) is 8.63. The molecular formula is C13H17ClN4. The van der Waals surface area contributed by atoms with E-state index >= 15 is 0 Å². The maximum atomic E-state index is 6.29. The van der Waals surface area contributed by atoms with Gasteiger partial charge < -0.3 is 5.32 Å². The molecule has 0 radical (unpaired) electrons. The van der Waals surface area contributed by atoms with Gasteiger partial charge in [0.25, 0.3) is 0 Å². The summed E-state index contributed by atoms with van der Waals surface area (Å²) in [6.45, 7) is 7.76. The molecule has 0 aliphatic heterocycles. The number of nitrogens with zero attached hydrogens (tertiary/aromatic N) is 3. The molecule has 0 aliphatic rings. The van der Waals surface area contributed by atoms with Gasteiger partial charge in [-0.25, -0.2) is 9.97 Å². The highest BCUT2D eigenvalue weighted by atomic mass is 35.5. The van der Waals surface area contributed by atoms with Crippen molar-refractivity contribution in [3.8, 4) is 5.82 Å². The molecule has 18 heavy (non-hydrogen) atoms. The van der Waals surface area contributed by atoms with Gasteiger partial charge >= 0.3 is 0 Å². The summed E-state index contributed by atoms with van der Waals surface area (Å²) >= 11 is 6.29. The Morgan fingerprint density at radius 1 is 1.33 bits per heavy atom. The van der Waals surface area contributed by atoms with Crippen molar-refractivity contribution in [1.82, 2.24) is 19.9 Å². The summed E-state index contributed by atoms with van der Waals surface area (Å²) in [5, 5.41) is 3.89. The summed E-state index contributed by atoms with van der Waals surface area (Å²) < 4.78 is 1.91. The number of rotatable bonds is 4. The van der Waals surface area contributed by atoms with E-state index in [1.807, 2.05) is 30.7 Å². The van der Waals surface area contributed by atoms with Crippen LogP contribution in [0.15, 0.2) is 18.6 Å². The molecule has 0 spiro atoms. The van der Waals surface area contributed by atoms with Crippen LogP contribution in [-0.4, -0.2) is 21.1 Å². The van der Waals surface area contributed by atoms with Crippen LogP contribution in [0.1, 0.15) is 23.9 Å². The Labute approximate surface area is 112 Å². The normalized spacial score (nSPS) is 10.9. The second kappa shape index (κ2) is 5.50. The van der Waals surface area contributed by atoms with Gasteiger partial charge in [-0.15, -0.1) is 0 Å². The van der Waals surface area contributed by atoms with Crippen molar-refractivity contribution in [1.29, 1.82) is 0 Å². The Hall–Kier alpha value is -1.39. The molecule has 2 rings (SSSR count). The number of hydrogen-bond donors (Lipinski definition) is 1. The Morgan fingerprint density at radius 2 is 2.11 bits per heavy atom. The van der Waals surface area contributed by atoms with Crippen LogP contribution in [0.3, 0.4) is 0 Å². The molecule has 2 aromatic rings. The van der Waals surface area contributed by atoms with E-state index < -0.39 is 0 Å². The molecular weight excluding hydrogens is 248 g/mol. The monoisotopic (exact) mass is 264 g/mol. The fourth-order valence-electron chi connectivity index (χ4n) is 1.73. The second-order valence-electron chi connectivity index (χ2n) is 4.21. The molecule has 0 saturated heterocycles. The lowest BCUT2D eigenvalue weighted by Gasteiger charge is -2.09. The Balaban J connectivity index is 2.32. The number of pyridine rings is 1. The average Bonchev–Trinajstić information content (AvgIpc) is 2.68. The van der Waals surface area contributed by atoms with Crippen LogP contribution in [0.5, 0.6) is 0 Å². The molecule has 2 aromatic heterocycles. The first kappa shape index (κ1) is 13.1. The second-order valence-corrected chi connectivity index (χ2v) is 4.62. The van der Waals surface area contributed by atoms with Gasteiger partial charge in [-0.2, -0.15) is 0 Å². The SMILES string of the molecule is CCNCc1cnc(-n2cnc(C)c2C)c(Cl)c1. The number of hydrogen-bond acceptors (Lipinski definition) is 3. The van der Waals surface area contributed by atoms with E-state index in [2.05, 4.69) is 22.2 Å². The van der Waals surface area contributed by atoms with Gasteiger partial charge in [-0.1, -0.05) is 18.5 Å². The molecule has 0 amide bonds. The van der Waals surface area contributed by atoms with Crippen LogP contribution >= 0.6 is 11.6 Å². The van der Waals surface area contributed by atoms with Crippen molar-refractivity contribution in [2.75, 3.05) is 6.54 Å². The Morgan fingerprint density at radius 3 is 2.67 bits per heavy atom. The van der Waals surface area contributed by atoms with Crippen LogP contribution in [0.4, 0.5) is 0 Å². The maximum absolute atomic E-state index is 6.29. The number of nitrogens with one attached hydrogen (secondary N) is 1. The van der Waals surface area contributed by atoms with E-state index in [0.717, 1.165) is 35.9 Å². The molecule has 4 nitrogen and oxygen atoms in total. The maximum Gasteiger partial charge on any atom is 0.156 e. The molecule has 5 heteroatoms. The van der Waals surface area contributed by atoms with E-state index in [9.17, 15) is 0 Å². The van der Waals surface area contributed by atoms with Crippen molar-refractivity contribution in [3.05, 3.63) is 40.6 Å². The zero-order valence-corrected chi connectivity index (χ0v) is 11.6. The van der Waals surface area contributed by atoms with E-state index in [1.54, 1.807) is 6.33 Å². The average molecular weight is 265 g/mol. The molecule has 0 aromatic carbocycles. The molecule has 0 bridgehead atoms. The van der Waals surface area contributed by atoms with E-state index in [-0.39, 0.29) is 0 Å². The van der Waals surface area contributed by atoms with E-state index in [4.69, 9.17) is 11.6 Å². The molecule has 0 fully saturated rings. The van der Waals surface area contributed by atoms with Gasteiger partial charge in [-0.05, 0) is 32.0 Å². The smallest absolute Gasteiger partial charge is 0.156 e. The number of aryl methyl sites for hydroxylation is 1. The molecule has 2 heterocycles. The van der Waals surface area contributed by atoms with Crippen molar-refractivity contribution in [2.24, 2.45) is 0 Å². The summed E-state index contributed by atoms with van der Waals surface area (Å²) in [5.41, 5.74) is 3.13. The number of halogens is 1. The largest absolute Gasteiger partial charge is 0.313 e. The highest BCUT2D eigenvalue weighted by Crippen LogP contribution is 2.21. The predicted molar refractivity (Wildman–Crippen MR) is 73.2 cm³/mol. The lowest BCUT2D eigenvalue weighted by molar-refractivity contribution is 0.723. The fraction of sp³-hybridized carbons (Fsp3) is 0.385. The number of aromatic nitrogens is 3. The minimum Gasteiger partial charge on any atom is -0.313 e. The highest BCUT2D eigenvalue weighted by Gasteiger charge is 2.10. The van der Waals surface area contributed by atoms with Crippen LogP contribution < -0.4 is 5.32 Å². The van der Waals surface area contributed by atoms with Crippen LogP contribution in [0.2, 0.25) is 5.02 Å². The molecule has 0 aliphatic carbocycles. The van der Waals surface area contributed by atoms with E-state index in [0.29, 0.717) is 5.02 Å². The minimum atomic E-state index is 0.644. The lowest BCUT2D eigenvalue weighted by atomic mass is 10.2. The summed E-state index contributed by atoms with van der Waals surface area (Å²) in [4.78, 5) is 8.68. The standard InChI is InChI=1S/C13H17ClN4/c1-4-15-6-11-5-12(14)13(16-7-11)18-8-17-9(2)10(18)3/h5,7-8,15H,4,6H2,1-3H3. The highest BCUT2D eigenvalue weighted by molar-refractivity contribution is 6.32. The minimum absolute atomic E-state index is 0.644. The third kappa shape index (κ3) is 2.54. The first-order valence-electron chi connectivity index (χ1n) is 5.99. The summed E-state index contributed by atoms with van der Waals surface area (Å²) in [7, 11) is 0. The molecule has 0 atom stereocenters. The molecule has 96 valence electrons. The summed E-state index contributed by atoms with van der Waals surface area (Å²) in [6.07, 6.45) is 3.60. The van der Waals surface area contributed by atoms with Gasteiger partial charge in [0, 0.05) is 18.4 Å². The van der Waals surface area contributed by atoms with Crippen LogP contribution in [0, 0.1) is 13.8 Å². The van der Waals surface area contributed by atoms with Crippen molar-refractivity contribution >= 4 is 11.6 Å². The van der Waals surface area contributed by atoms with Crippen molar-refractivity contribution in [3.63, 3.8) is 0 Å². The molecule has 0 unspecified atom stereocenters. The Kier molecular flexibility index (Phi) is 3.99. The van der Waals surface area contributed by atoms with Gasteiger partial charge in [0.05, 0.1) is 10.7 Å². The molecule has 0 saturated carbocycles. The van der Waals surface area contributed by atoms with Gasteiger partial charge in [0.15, 0.2) is 5.82 Å². The van der Waals surface area contributed by atoms with Crippen LogP contribution in [-0.2, 0) is 6.54 Å². The lowest BCUT2D eigenvalue weighted by Crippen LogP contribution is -2.12. The van der Waals surface area contributed by atoms with Gasteiger partial charge in [-0.3, -0.25) is 4.57 Å². The van der Waals surface area contributed by atoms with Crippen molar-refractivity contribution in [2.45, 2.75) is 27.3 Å². The number of imidazole rings is 1. The predicted octanol–water partition coefficient (Wildman–Crippen LogP) is 2.65.